The van der Waals surface area contributed by atoms with Gasteiger partial charge in [-0.3, -0.25) is 4.79 Å². The second-order valence-corrected chi connectivity index (χ2v) is 4.38. The zero-order valence-corrected chi connectivity index (χ0v) is 10.1. The van der Waals surface area contributed by atoms with E-state index in [4.69, 9.17) is 0 Å². The zero-order valence-electron chi connectivity index (χ0n) is 10.1. The molecule has 5 nitrogen and oxygen atoms in total. The number of nitrogens with one attached hydrogen (secondary N) is 2. The molecule has 2 rings (SSSR count). The fourth-order valence-electron chi connectivity index (χ4n) is 1.66. The Morgan fingerprint density at radius 3 is 2.82 bits per heavy atom. The monoisotopic (exact) mass is 234 g/mol. The van der Waals surface area contributed by atoms with Gasteiger partial charge >= 0.3 is 0 Å². The summed E-state index contributed by atoms with van der Waals surface area (Å²) in [6, 6.07) is 0. The second kappa shape index (κ2) is 5.61. The maximum atomic E-state index is 11.7. The molecule has 0 bridgehead atoms. The molecule has 1 amide bonds. The molecule has 2 N–H and O–H groups in total. The number of carbonyl (C=O) groups excluding carboxylic acids is 1. The van der Waals surface area contributed by atoms with Gasteiger partial charge in [0.05, 0.1) is 12.4 Å². The van der Waals surface area contributed by atoms with E-state index in [2.05, 4.69) is 20.6 Å². The summed E-state index contributed by atoms with van der Waals surface area (Å²) in [5.41, 5.74) is 0.371. The highest BCUT2D eigenvalue weighted by molar-refractivity contribution is 5.91. The summed E-state index contributed by atoms with van der Waals surface area (Å²) in [5, 5.41) is 5.72. The number of anilines is 1. The first-order valence-electron chi connectivity index (χ1n) is 6.07. The molecule has 0 aliphatic heterocycles. The van der Waals surface area contributed by atoms with E-state index in [0.717, 1.165) is 18.9 Å². The molecule has 1 aromatic rings. The zero-order chi connectivity index (χ0) is 12.1. The molecule has 0 radical (unpaired) electrons. The Morgan fingerprint density at radius 2 is 2.24 bits per heavy atom. The molecule has 17 heavy (non-hydrogen) atoms. The molecule has 1 saturated carbocycles. The highest BCUT2D eigenvalue weighted by atomic mass is 16.1. The van der Waals surface area contributed by atoms with Crippen molar-refractivity contribution in [2.24, 2.45) is 5.92 Å². The highest BCUT2D eigenvalue weighted by Crippen LogP contribution is 2.33. The van der Waals surface area contributed by atoms with Crippen molar-refractivity contribution in [3.05, 3.63) is 18.1 Å². The summed E-state index contributed by atoms with van der Waals surface area (Å²) in [6.07, 6.45) is 8.06. The van der Waals surface area contributed by atoms with Gasteiger partial charge in [-0.05, 0) is 18.8 Å². The largest absolute Gasteiger partial charge is 0.372 e. The van der Waals surface area contributed by atoms with Crippen LogP contribution >= 0.6 is 0 Å². The summed E-state index contributed by atoms with van der Waals surface area (Å²) < 4.78 is 0. The third-order valence-electron chi connectivity index (χ3n) is 2.91. The standard InChI is InChI=1S/C12H18N4O/c1-13-11-8-15-10(7-16-11)12(17)14-6-2-3-9-4-5-9/h7-9H,2-6H2,1H3,(H,13,16)(H,14,17). The van der Waals surface area contributed by atoms with Gasteiger partial charge in [0.1, 0.15) is 11.5 Å². The molecule has 0 atom stereocenters. The van der Waals surface area contributed by atoms with Gasteiger partial charge in [0.2, 0.25) is 0 Å². The van der Waals surface area contributed by atoms with Crippen LogP contribution in [-0.2, 0) is 0 Å². The highest BCUT2D eigenvalue weighted by Gasteiger charge is 2.20. The average molecular weight is 234 g/mol. The van der Waals surface area contributed by atoms with Crippen molar-refractivity contribution in [1.29, 1.82) is 0 Å². The van der Waals surface area contributed by atoms with Gasteiger partial charge in [0.15, 0.2) is 0 Å². The van der Waals surface area contributed by atoms with Gasteiger partial charge in [0.25, 0.3) is 5.91 Å². The molecular formula is C12H18N4O. The number of carbonyl (C=O) groups is 1. The number of hydrogen-bond donors (Lipinski definition) is 2. The first-order chi connectivity index (χ1) is 8.29. The fraction of sp³-hybridized carbons (Fsp3) is 0.583. The van der Waals surface area contributed by atoms with Gasteiger partial charge in [-0.1, -0.05) is 12.8 Å². The lowest BCUT2D eigenvalue weighted by Crippen LogP contribution is -2.25. The number of aromatic nitrogens is 2. The van der Waals surface area contributed by atoms with Crippen molar-refractivity contribution >= 4 is 11.7 Å². The molecule has 1 aromatic heterocycles. The van der Waals surface area contributed by atoms with Crippen LogP contribution in [0.4, 0.5) is 5.82 Å². The predicted molar refractivity (Wildman–Crippen MR) is 65.9 cm³/mol. The minimum atomic E-state index is -0.143. The molecule has 0 saturated heterocycles. The van der Waals surface area contributed by atoms with Crippen molar-refractivity contribution in [1.82, 2.24) is 15.3 Å². The topological polar surface area (TPSA) is 66.9 Å². The quantitative estimate of drug-likeness (QED) is 0.731. The molecular weight excluding hydrogens is 216 g/mol. The fourth-order valence-corrected chi connectivity index (χ4v) is 1.66. The summed E-state index contributed by atoms with van der Waals surface area (Å²) >= 11 is 0. The van der Waals surface area contributed by atoms with Crippen LogP contribution in [0.2, 0.25) is 0 Å². The molecule has 0 spiro atoms. The lowest BCUT2D eigenvalue weighted by atomic mass is 10.2. The van der Waals surface area contributed by atoms with Gasteiger partial charge in [0, 0.05) is 13.6 Å². The maximum Gasteiger partial charge on any atom is 0.271 e. The van der Waals surface area contributed by atoms with E-state index in [-0.39, 0.29) is 5.91 Å². The summed E-state index contributed by atoms with van der Waals surface area (Å²) in [4.78, 5) is 19.8. The predicted octanol–water partition coefficient (Wildman–Crippen LogP) is 1.44. The number of amides is 1. The van der Waals surface area contributed by atoms with E-state index in [9.17, 15) is 4.79 Å². The van der Waals surface area contributed by atoms with Crippen LogP contribution in [0.5, 0.6) is 0 Å². The molecule has 1 aliphatic rings. The number of hydrogen-bond acceptors (Lipinski definition) is 4. The van der Waals surface area contributed by atoms with E-state index < -0.39 is 0 Å². The maximum absolute atomic E-state index is 11.7. The van der Waals surface area contributed by atoms with Crippen LogP contribution in [0, 0.1) is 5.92 Å². The van der Waals surface area contributed by atoms with Gasteiger partial charge < -0.3 is 10.6 Å². The summed E-state index contributed by atoms with van der Waals surface area (Å²) in [7, 11) is 1.77. The van der Waals surface area contributed by atoms with Crippen molar-refractivity contribution in [3.8, 4) is 0 Å². The molecule has 1 fully saturated rings. The second-order valence-electron chi connectivity index (χ2n) is 4.38. The van der Waals surface area contributed by atoms with Gasteiger partial charge in [-0.15, -0.1) is 0 Å². The number of nitrogens with zero attached hydrogens (tertiary/aromatic N) is 2. The van der Waals surface area contributed by atoms with Crippen LogP contribution in [-0.4, -0.2) is 29.5 Å². The molecule has 0 aromatic carbocycles. The van der Waals surface area contributed by atoms with Crippen molar-refractivity contribution < 1.29 is 4.79 Å². The Labute approximate surface area is 101 Å². The smallest absolute Gasteiger partial charge is 0.271 e. The van der Waals surface area contributed by atoms with E-state index in [1.165, 1.54) is 25.5 Å². The molecule has 1 aliphatic carbocycles. The Kier molecular flexibility index (Phi) is 3.90. The Hall–Kier alpha value is -1.65. The molecule has 0 unspecified atom stereocenters. The Morgan fingerprint density at radius 1 is 1.41 bits per heavy atom. The number of rotatable bonds is 6. The van der Waals surface area contributed by atoms with Crippen LogP contribution in [0.3, 0.4) is 0 Å². The molecule has 5 heteroatoms. The Bertz CT molecular complexity index is 373. The van der Waals surface area contributed by atoms with Crippen molar-refractivity contribution in [3.63, 3.8) is 0 Å². The van der Waals surface area contributed by atoms with Crippen molar-refractivity contribution in [2.75, 3.05) is 18.9 Å². The van der Waals surface area contributed by atoms with Crippen LogP contribution in [0.1, 0.15) is 36.2 Å². The lowest BCUT2D eigenvalue weighted by molar-refractivity contribution is 0.0947. The lowest BCUT2D eigenvalue weighted by Gasteiger charge is -2.04. The minimum absolute atomic E-state index is 0.143. The van der Waals surface area contributed by atoms with Crippen LogP contribution in [0.25, 0.3) is 0 Å². The first-order valence-corrected chi connectivity index (χ1v) is 6.07. The SMILES string of the molecule is CNc1cnc(C(=O)NCCCC2CC2)cn1. The van der Waals surface area contributed by atoms with Gasteiger partial charge in [-0.25, -0.2) is 9.97 Å². The van der Waals surface area contributed by atoms with Crippen LogP contribution in [0.15, 0.2) is 12.4 Å². The summed E-state index contributed by atoms with van der Waals surface area (Å²) in [6.45, 7) is 0.727. The molecule has 92 valence electrons. The van der Waals surface area contributed by atoms with E-state index in [1.807, 2.05) is 0 Å². The first kappa shape index (κ1) is 11.8. The summed E-state index contributed by atoms with van der Waals surface area (Å²) in [5.74, 6) is 1.44. The Balaban J connectivity index is 1.73. The minimum Gasteiger partial charge on any atom is -0.372 e. The van der Waals surface area contributed by atoms with E-state index in [1.54, 1.807) is 13.2 Å². The van der Waals surface area contributed by atoms with Gasteiger partial charge in [-0.2, -0.15) is 0 Å². The molecule has 1 heterocycles. The van der Waals surface area contributed by atoms with E-state index in [0.29, 0.717) is 11.5 Å². The van der Waals surface area contributed by atoms with Crippen LogP contribution < -0.4 is 10.6 Å². The van der Waals surface area contributed by atoms with E-state index >= 15 is 0 Å². The average Bonchev–Trinajstić information content (AvgIpc) is 3.18. The normalized spacial score (nSPS) is 14.4. The third-order valence-corrected chi connectivity index (χ3v) is 2.91. The third kappa shape index (κ3) is 3.69. The van der Waals surface area contributed by atoms with Crippen molar-refractivity contribution in [2.45, 2.75) is 25.7 Å².